The SMILES string of the molecule is CC(C)c1ccc(N2C[C@H](C(=O)N(C)CCc3cnn(C)c3)CC2=O)cc1. The number of hydrogen-bond acceptors (Lipinski definition) is 3. The van der Waals surface area contributed by atoms with E-state index in [2.05, 4.69) is 31.1 Å². The van der Waals surface area contributed by atoms with Gasteiger partial charge in [0.05, 0.1) is 12.1 Å². The summed E-state index contributed by atoms with van der Waals surface area (Å²) in [4.78, 5) is 28.7. The van der Waals surface area contributed by atoms with Crippen LogP contribution in [0, 0.1) is 5.92 Å². The van der Waals surface area contributed by atoms with Crippen LogP contribution >= 0.6 is 0 Å². The molecule has 1 atom stereocenters. The largest absolute Gasteiger partial charge is 0.345 e. The van der Waals surface area contributed by atoms with Gasteiger partial charge in [-0.1, -0.05) is 26.0 Å². The van der Waals surface area contributed by atoms with Crippen molar-refractivity contribution < 1.29 is 9.59 Å². The summed E-state index contributed by atoms with van der Waals surface area (Å²) in [6.45, 7) is 5.37. The van der Waals surface area contributed by atoms with Crippen LogP contribution in [0.4, 0.5) is 5.69 Å². The molecule has 0 saturated carbocycles. The van der Waals surface area contributed by atoms with Gasteiger partial charge < -0.3 is 9.80 Å². The molecule has 2 amide bonds. The smallest absolute Gasteiger partial charge is 0.227 e. The average molecular weight is 368 g/mol. The van der Waals surface area contributed by atoms with Gasteiger partial charge in [-0.05, 0) is 35.6 Å². The van der Waals surface area contributed by atoms with Crippen LogP contribution in [-0.4, -0.2) is 46.6 Å². The summed E-state index contributed by atoms with van der Waals surface area (Å²) in [5, 5.41) is 4.15. The highest BCUT2D eigenvalue weighted by molar-refractivity contribution is 6.00. The topological polar surface area (TPSA) is 58.4 Å². The minimum atomic E-state index is -0.277. The number of anilines is 1. The Morgan fingerprint density at radius 3 is 2.59 bits per heavy atom. The summed E-state index contributed by atoms with van der Waals surface area (Å²) in [6.07, 6.45) is 4.82. The molecule has 2 heterocycles. The van der Waals surface area contributed by atoms with E-state index >= 15 is 0 Å². The van der Waals surface area contributed by atoms with Gasteiger partial charge in [0.1, 0.15) is 0 Å². The predicted octanol–water partition coefficient (Wildman–Crippen LogP) is 2.60. The van der Waals surface area contributed by atoms with Gasteiger partial charge in [-0.25, -0.2) is 0 Å². The molecule has 3 rings (SSSR count). The van der Waals surface area contributed by atoms with Crippen molar-refractivity contribution >= 4 is 17.5 Å². The molecular formula is C21H28N4O2. The number of aryl methyl sites for hydroxylation is 1. The Labute approximate surface area is 160 Å². The van der Waals surface area contributed by atoms with Crippen LogP contribution in [0.25, 0.3) is 0 Å². The summed E-state index contributed by atoms with van der Waals surface area (Å²) in [5.74, 6) is 0.233. The zero-order valence-electron chi connectivity index (χ0n) is 16.6. The van der Waals surface area contributed by atoms with E-state index in [1.807, 2.05) is 38.6 Å². The highest BCUT2D eigenvalue weighted by atomic mass is 16.2. The molecule has 1 aromatic carbocycles. The first-order valence-electron chi connectivity index (χ1n) is 9.48. The summed E-state index contributed by atoms with van der Waals surface area (Å²) in [7, 11) is 3.69. The molecular weight excluding hydrogens is 340 g/mol. The van der Waals surface area contributed by atoms with Gasteiger partial charge in [0.15, 0.2) is 0 Å². The molecule has 1 aliphatic rings. The molecule has 0 radical (unpaired) electrons. The maximum absolute atomic E-state index is 12.8. The molecule has 0 unspecified atom stereocenters. The Hall–Kier alpha value is -2.63. The fourth-order valence-corrected chi connectivity index (χ4v) is 3.48. The quantitative estimate of drug-likeness (QED) is 0.787. The van der Waals surface area contributed by atoms with Crippen LogP contribution in [0.5, 0.6) is 0 Å². The minimum Gasteiger partial charge on any atom is -0.345 e. The lowest BCUT2D eigenvalue weighted by Gasteiger charge is -2.21. The Kier molecular flexibility index (Phi) is 5.63. The molecule has 1 fully saturated rings. The maximum atomic E-state index is 12.8. The van der Waals surface area contributed by atoms with Gasteiger partial charge in [-0.15, -0.1) is 0 Å². The van der Waals surface area contributed by atoms with Crippen molar-refractivity contribution in [2.24, 2.45) is 13.0 Å². The summed E-state index contributed by atoms with van der Waals surface area (Å²) < 4.78 is 1.76. The zero-order chi connectivity index (χ0) is 19.6. The fourth-order valence-electron chi connectivity index (χ4n) is 3.48. The lowest BCUT2D eigenvalue weighted by atomic mass is 10.0. The number of amides is 2. The molecule has 6 nitrogen and oxygen atoms in total. The average Bonchev–Trinajstić information content (AvgIpc) is 3.24. The van der Waals surface area contributed by atoms with Crippen molar-refractivity contribution in [1.29, 1.82) is 0 Å². The van der Waals surface area contributed by atoms with Crippen molar-refractivity contribution in [3.63, 3.8) is 0 Å². The standard InChI is InChI=1S/C21H28N4O2/c1-15(2)17-5-7-19(8-6-17)25-14-18(11-20(25)26)21(27)23(3)10-9-16-12-22-24(4)13-16/h5-8,12-13,15,18H,9-11,14H2,1-4H3/t18-/m1/s1. The maximum Gasteiger partial charge on any atom is 0.227 e. The lowest BCUT2D eigenvalue weighted by molar-refractivity contribution is -0.134. The van der Waals surface area contributed by atoms with Crippen molar-refractivity contribution in [3.05, 3.63) is 47.8 Å². The number of aromatic nitrogens is 2. The highest BCUT2D eigenvalue weighted by Crippen LogP contribution is 2.27. The van der Waals surface area contributed by atoms with Gasteiger partial charge in [0.25, 0.3) is 0 Å². The Balaban J connectivity index is 1.59. The molecule has 1 aliphatic heterocycles. The van der Waals surface area contributed by atoms with Gasteiger partial charge in [0.2, 0.25) is 11.8 Å². The van der Waals surface area contributed by atoms with E-state index in [0.29, 0.717) is 19.0 Å². The van der Waals surface area contributed by atoms with Crippen molar-refractivity contribution in [2.75, 3.05) is 25.0 Å². The third kappa shape index (κ3) is 4.38. The first-order valence-corrected chi connectivity index (χ1v) is 9.48. The first-order chi connectivity index (χ1) is 12.8. The number of likely N-dealkylation sites (N-methyl/N-ethyl adjacent to an activating group) is 1. The van der Waals surface area contributed by atoms with E-state index in [1.165, 1.54) is 5.56 Å². The first kappa shape index (κ1) is 19.1. The second-order valence-corrected chi connectivity index (χ2v) is 7.68. The van der Waals surface area contributed by atoms with E-state index in [1.54, 1.807) is 14.5 Å². The van der Waals surface area contributed by atoms with Crippen LogP contribution in [-0.2, 0) is 23.1 Å². The van der Waals surface area contributed by atoms with Gasteiger partial charge in [0, 0.05) is 45.5 Å². The second-order valence-electron chi connectivity index (χ2n) is 7.68. The highest BCUT2D eigenvalue weighted by Gasteiger charge is 2.36. The zero-order valence-corrected chi connectivity index (χ0v) is 16.6. The number of benzene rings is 1. The molecule has 0 spiro atoms. The Morgan fingerprint density at radius 1 is 1.30 bits per heavy atom. The van der Waals surface area contributed by atoms with Crippen LogP contribution in [0.3, 0.4) is 0 Å². The minimum absolute atomic E-state index is 0.0197. The molecule has 0 N–H and O–H groups in total. The molecule has 0 aliphatic carbocycles. The predicted molar refractivity (Wildman–Crippen MR) is 106 cm³/mol. The molecule has 27 heavy (non-hydrogen) atoms. The van der Waals surface area contributed by atoms with Crippen LogP contribution in [0.1, 0.15) is 37.3 Å². The van der Waals surface area contributed by atoms with E-state index < -0.39 is 0 Å². The van der Waals surface area contributed by atoms with Crippen molar-refractivity contribution in [2.45, 2.75) is 32.6 Å². The van der Waals surface area contributed by atoms with Gasteiger partial charge in [-0.2, -0.15) is 5.10 Å². The summed E-state index contributed by atoms with van der Waals surface area (Å²) >= 11 is 0. The fraction of sp³-hybridized carbons (Fsp3) is 0.476. The molecule has 0 bridgehead atoms. The van der Waals surface area contributed by atoms with E-state index in [9.17, 15) is 9.59 Å². The normalized spacial score (nSPS) is 17.0. The molecule has 2 aromatic rings. The monoisotopic (exact) mass is 368 g/mol. The summed E-state index contributed by atoms with van der Waals surface area (Å²) in [6, 6.07) is 8.07. The van der Waals surface area contributed by atoms with E-state index in [4.69, 9.17) is 0 Å². The molecule has 144 valence electrons. The molecule has 6 heteroatoms. The third-order valence-corrected chi connectivity index (χ3v) is 5.22. The van der Waals surface area contributed by atoms with Crippen molar-refractivity contribution in [3.8, 4) is 0 Å². The molecule has 1 aromatic heterocycles. The lowest BCUT2D eigenvalue weighted by Crippen LogP contribution is -2.35. The third-order valence-electron chi connectivity index (χ3n) is 5.22. The number of carbonyl (C=O) groups excluding carboxylic acids is 2. The van der Waals surface area contributed by atoms with Crippen molar-refractivity contribution in [1.82, 2.24) is 14.7 Å². The Morgan fingerprint density at radius 2 is 2.00 bits per heavy atom. The number of rotatable bonds is 6. The van der Waals surface area contributed by atoms with E-state index in [-0.39, 0.29) is 24.2 Å². The van der Waals surface area contributed by atoms with Crippen LogP contribution in [0.2, 0.25) is 0 Å². The van der Waals surface area contributed by atoms with Gasteiger partial charge >= 0.3 is 0 Å². The Bertz CT molecular complexity index is 810. The molecule has 1 saturated heterocycles. The summed E-state index contributed by atoms with van der Waals surface area (Å²) in [5.41, 5.74) is 3.22. The second kappa shape index (κ2) is 7.94. The number of hydrogen-bond donors (Lipinski definition) is 0. The van der Waals surface area contributed by atoms with Gasteiger partial charge in [-0.3, -0.25) is 14.3 Å². The van der Waals surface area contributed by atoms with Crippen LogP contribution < -0.4 is 4.90 Å². The van der Waals surface area contributed by atoms with E-state index in [0.717, 1.165) is 17.7 Å². The number of nitrogens with zero attached hydrogens (tertiary/aromatic N) is 4. The number of carbonyl (C=O) groups is 2. The van der Waals surface area contributed by atoms with Crippen LogP contribution in [0.15, 0.2) is 36.7 Å².